The number of hydrogen-bond acceptors (Lipinski definition) is 5. The lowest BCUT2D eigenvalue weighted by atomic mass is 9.93. The molecule has 0 radical (unpaired) electrons. The summed E-state index contributed by atoms with van der Waals surface area (Å²) in [6.45, 7) is 0. The second-order valence-corrected chi connectivity index (χ2v) is 9.44. The Morgan fingerprint density at radius 1 is 1.24 bits per heavy atom. The second kappa shape index (κ2) is 6.20. The first-order valence-electron chi connectivity index (χ1n) is 8.76. The molecule has 25 heavy (non-hydrogen) atoms. The van der Waals surface area contributed by atoms with Crippen LogP contribution in [0.4, 0.5) is 0 Å². The summed E-state index contributed by atoms with van der Waals surface area (Å²) in [5.74, 6) is -0.537. The summed E-state index contributed by atoms with van der Waals surface area (Å²) in [4.78, 5) is 13.7. The number of rotatable bonds is 4. The van der Waals surface area contributed by atoms with Crippen LogP contribution in [0.2, 0.25) is 0 Å². The van der Waals surface area contributed by atoms with Gasteiger partial charge in [0.25, 0.3) is 0 Å². The summed E-state index contributed by atoms with van der Waals surface area (Å²) in [7, 11) is 4.57. The zero-order valence-electron chi connectivity index (χ0n) is 14.6. The fourth-order valence-electron chi connectivity index (χ4n) is 4.48. The normalized spacial score (nSPS) is 30.0. The van der Waals surface area contributed by atoms with Crippen LogP contribution in [0.15, 0.2) is 34.3 Å². The zero-order chi connectivity index (χ0) is 17.7. The molecule has 0 aliphatic carbocycles. The van der Waals surface area contributed by atoms with Crippen LogP contribution in [0.1, 0.15) is 36.1 Å². The Morgan fingerprint density at radius 3 is 2.52 bits per heavy atom. The van der Waals surface area contributed by atoms with Gasteiger partial charge in [0.1, 0.15) is 6.10 Å². The van der Waals surface area contributed by atoms with Gasteiger partial charge >= 0.3 is 5.97 Å². The third-order valence-corrected chi connectivity index (χ3v) is 7.83. The maximum absolute atomic E-state index is 13.1. The molecule has 0 saturated carbocycles. The van der Waals surface area contributed by atoms with Crippen molar-refractivity contribution in [1.29, 1.82) is 0 Å². The van der Waals surface area contributed by atoms with E-state index in [9.17, 15) is 9.90 Å². The molecule has 2 aromatic heterocycles. The highest BCUT2D eigenvalue weighted by Gasteiger charge is 2.51. The Morgan fingerprint density at radius 2 is 1.96 bits per heavy atom. The van der Waals surface area contributed by atoms with Crippen molar-refractivity contribution in [2.75, 3.05) is 14.1 Å². The third-order valence-electron chi connectivity index (χ3n) is 6.17. The van der Waals surface area contributed by atoms with E-state index >= 15 is 0 Å². The van der Waals surface area contributed by atoms with Gasteiger partial charge in [-0.2, -0.15) is 11.3 Å². The summed E-state index contributed by atoms with van der Waals surface area (Å²) < 4.78 is 6.93. The molecule has 3 unspecified atom stereocenters. The number of carbonyl (C=O) groups excluding carboxylic acids is 1. The summed E-state index contributed by atoms with van der Waals surface area (Å²) in [6, 6.07) is 6.55. The van der Waals surface area contributed by atoms with Crippen LogP contribution in [0.3, 0.4) is 0 Å². The molecule has 2 bridgehead atoms. The van der Waals surface area contributed by atoms with Gasteiger partial charge in [-0.05, 0) is 28.3 Å². The number of nitrogens with zero attached hydrogens (tertiary/aromatic N) is 1. The highest BCUT2D eigenvalue weighted by Crippen LogP contribution is 2.42. The molecule has 0 spiro atoms. The van der Waals surface area contributed by atoms with E-state index in [0.29, 0.717) is 22.5 Å². The highest BCUT2D eigenvalue weighted by molar-refractivity contribution is 7.10. The zero-order valence-corrected chi connectivity index (χ0v) is 16.2. The Hall–Kier alpha value is -1.21. The van der Waals surface area contributed by atoms with Crippen molar-refractivity contribution >= 4 is 28.6 Å². The third kappa shape index (κ3) is 2.76. The van der Waals surface area contributed by atoms with E-state index in [1.807, 2.05) is 22.2 Å². The fourth-order valence-corrected chi connectivity index (χ4v) is 6.01. The fraction of sp³-hybridized carbons (Fsp3) is 0.526. The van der Waals surface area contributed by atoms with Crippen molar-refractivity contribution in [3.8, 4) is 0 Å². The van der Waals surface area contributed by atoms with Gasteiger partial charge in [-0.25, -0.2) is 4.79 Å². The highest BCUT2D eigenvalue weighted by atomic mass is 32.1. The van der Waals surface area contributed by atoms with Crippen molar-refractivity contribution in [3.05, 3.63) is 44.8 Å². The van der Waals surface area contributed by atoms with Crippen molar-refractivity contribution in [3.63, 3.8) is 0 Å². The van der Waals surface area contributed by atoms with Gasteiger partial charge in [0.2, 0.25) is 5.60 Å². The molecule has 2 fully saturated rings. The van der Waals surface area contributed by atoms with Gasteiger partial charge in [0, 0.05) is 31.2 Å². The minimum Gasteiger partial charge on any atom is -0.459 e. The lowest BCUT2D eigenvalue weighted by Crippen LogP contribution is -2.56. The maximum atomic E-state index is 13.1. The topological polar surface area (TPSA) is 46.5 Å². The van der Waals surface area contributed by atoms with Crippen LogP contribution in [0.5, 0.6) is 0 Å². The average molecular weight is 379 g/mol. The van der Waals surface area contributed by atoms with Crippen LogP contribution >= 0.6 is 22.7 Å². The van der Waals surface area contributed by atoms with Gasteiger partial charge in [0.15, 0.2) is 0 Å². The molecule has 0 amide bonds. The molecule has 0 aromatic carbocycles. The molecular weight excluding hydrogens is 354 g/mol. The van der Waals surface area contributed by atoms with Crippen molar-refractivity contribution < 1.29 is 19.1 Å². The molecule has 4 heterocycles. The maximum Gasteiger partial charge on any atom is 0.348 e. The number of hydrogen-bond donors (Lipinski definition) is 1. The summed E-state index contributed by atoms with van der Waals surface area (Å²) in [6.07, 6.45) is 4.08. The number of ether oxygens (including phenoxy) is 1. The lowest BCUT2D eigenvalue weighted by molar-refractivity contribution is -0.931. The number of piperidine rings is 1. The molecule has 4 rings (SSSR count). The van der Waals surface area contributed by atoms with Crippen LogP contribution in [0.25, 0.3) is 0 Å². The van der Waals surface area contributed by atoms with E-state index in [-0.39, 0.29) is 6.10 Å². The average Bonchev–Trinajstić information content (AvgIpc) is 3.29. The number of carbonyl (C=O) groups is 1. The smallest absolute Gasteiger partial charge is 0.348 e. The van der Waals surface area contributed by atoms with Crippen LogP contribution in [-0.4, -0.2) is 47.8 Å². The van der Waals surface area contributed by atoms with E-state index in [0.717, 1.165) is 17.3 Å². The molecule has 4 nitrogen and oxygen atoms in total. The first-order valence-corrected chi connectivity index (χ1v) is 10.6. The first kappa shape index (κ1) is 17.2. The number of fused-ring (bicyclic) bond motifs is 2. The van der Waals surface area contributed by atoms with Gasteiger partial charge < -0.3 is 14.3 Å². The monoisotopic (exact) mass is 378 g/mol. The Labute approximate surface area is 156 Å². The van der Waals surface area contributed by atoms with Crippen LogP contribution in [0, 0.1) is 0 Å². The Balaban J connectivity index is 1.57. The molecule has 6 heteroatoms. The van der Waals surface area contributed by atoms with E-state index in [2.05, 4.69) is 14.1 Å². The van der Waals surface area contributed by atoms with E-state index in [1.54, 1.807) is 12.1 Å². The van der Waals surface area contributed by atoms with E-state index in [1.165, 1.54) is 35.5 Å². The van der Waals surface area contributed by atoms with Crippen molar-refractivity contribution in [1.82, 2.24) is 0 Å². The number of quaternary nitrogens is 1. The summed E-state index contributed by atoms with van der Waals surface area (Å²) in [5, 5.41) is 16.9. The van der Waals surface area contributed by atoms with E-state index in [4.69, 9.17) is 4.74 Å². The standard InChI is InChI=1S/C19H24NO3S2/c1-20(2)14-5-6-15(20)11-16(10-14)23-18(21)19(22,13-7-9-24-12-13)17-4-3-8-25-17/h3-4,7-9,12,14-16,22H,5-6,10-11H2,1-2H3/q+1. The van der Waals surface area contributed by atoms with Gasteiger partial charge in [-0.1, -0.05) is 6.07 Å². The predicted molar refractivity (Wildman–Crippen MR) is 99.7 cm³/mol. The molecule has 3 atom stereocenters. The van der Waals surface area contributed by atoms with Gasteiger partial charge in [0.05, 0.1) is 31.1 Å². The second-order valence-electron chi connectivity index (χ2n) is 7.71. The van der Waals surface area contributed by atoms with Crippen LogP contribution < -0.4 is 0 Å². The molecule has 2 aliphatic heterocycles. The Kier molecular flexibility index (Phi) is 4.27. The van der Waals surface area contributed by atoms with E-state index < -0.39 is 11.6 Å². The number of thiophene rings is 2. The minimum absolute atomic E-state index is 0.0960. The molecule has 2 aromatic rings. The van der Waals surface area contributed by atoms with Crippen molar-refractivity contribution in [2.24, 2.45) is 0 Å². The lowest BCUT2D eigenvalue weighted by Gasteiger charge is -2.44. The van der Waals surface area contributed by atoms with Crippen molar-refractivity contribution in [2.45, 2.75) is 49.5 Å². The largest absolute Gasteiger partial charge is 0.459 e. The van der Waals surface area contributed by atoms with Gasteiger partial charge in [-0.3, -0.25) is 0 Å². The molecule has 2 aliphatic rings. The quantitative estimate of drug-likeness (QED) is 0.655. The molecule has 1 N–H and O–H groups in total. The number of esters is 1. The summed E-state index contributed by atoms with van der Waals surface area (Å²) in [5.41, 5.74) is -1.10. The van der Waals surface area contributed by atoms with Gasteiger partial charge in [-0.15, -0.1) is 11.3 Å². The minimum atomic E-state index is -1.70. The predicted octanol–water partition coefficient (Wildman–Crippen LogP) is 3.36. The molecule has 2 saturated heterocycles. The number of aliphatic hydroxyl groups is 1. The SMILES string of the molecule is C[N+]1(C)C2CCC1CC(OC(=O)C(O)(c1ccsc1)c1cccs1)C2. The molecular formula is C19H24NO3S2+. The van der Waals surface area contributed by atoms with Crippen LogP contribution in [-0.2, 0) is 15.1 Å². The molecule has 134 valence electrons. The Bertz CT molecular complexity index is 689. The first-order chi connectivity index (χ1) is 11.9. The summed E-state index contributed by atoms with van der Waals surface area (Å²) >= 11 is 2.85.